The lowest BCUT2D eigenvalue weighted by atomic mass is 10.1. The predicted octanol–water partition coefficient (Wildman–Crippen LogP) is 2.07. The number of fused-ring (bicyclic) bond motifs is 1. The molecule has 0 amide bonds. The summed E-state index contributed by atoms with van der Waals surface area (Å²) in [5, 5.41) is 5.41. The third-order valence-electron chi connectivity index (χ3n) is 3.04. The SMILES string of the molecule is CCOc1ccc2cc(S(=O)(=O)n3cncn3)ccc2c1. The van der Waals surface area contributed by atoms with E-state index in [2.05, 4.69) is 10.1 Å². The van der Waals surface area contributed by atoms with Crippen LogP contribution in [-0.2, 0) is 10.0 Å². The number of aromatic nitrogens is 3. The third kappa shape index (κ3) is 2.47. The van der Waals surface area contributed by atoms with Crippen LogP contribution in [0.5, 0.6) is 5.75 Å². The van der Waals surface area contributed by atoms with Crippen LogP contribution in [0.1, 0.15) is 6.92 Å². The minimum atomic E-state index is -3.70. The van der Waals surface area contributed by atoms with Crippen LogP contribution >= 0.6 is 0 Å². The standard InChI is InChI=1S/C14H13N3O3S/c1-2-20-13-5-3-12-8-14(6-4-11(12)7-13)21(18,19)17-10-15-9-16-17/h3-10H,2H2,1H3. The highest BCUT2D eigenvalue weighted by molar-refractivity contribution is 7.89. The van der Waals surface area contributed by atoms with E-state index in [4.69, 9.17) is 4.74 Å². The van der Waals surface area contributed by atoms with Gasteiger partial charge in [-0.25, -0.2) is 4.98 Å². The Morgan fingerprint density at radius 2 is 1.90 bits per heavy atom. The van der Waals surface area contributed by atoms with E-state index in [1.54, 1.807) is 18.2 Å². The fourth-order valence-electron chi connectivity index (χ4n) is 2.05. The maximum atomic E-state index is 12.3. The molecule has 3 rings (SSSR count). The maximum absolute atomic E-state index is 12.3. The molecular formula is C14H13N3O3S. The van der Waals surface area contributed by atoms with Crippen molar-refractivity contribution in [3.63, 3.8) is 0 Å². The molecule has 7 heteroatoms. The van der Waals surface area contributed by atoms with E-state index in [1.807, 2.05) is 25.1 Å². The summed E-state index contributed by atoms with van der Waals surface area (Å²) in [7, 11) is -3.70. The average molecular weight is 303 g/mol. The molecule has 0 fully saturated rings. The maximum Gasteiger partial charge on any atom is 0.284 e. The average Bonchev–Trinajstić information content (AvgIpc) is 3.02. The molecule has 0 aliphatic rings. The van der Waals surface area contributed by atoms with E-state index < -0.39 is 10.0 Å². The second-order valence-electron chi connectivity index (χ2n) is 4.38. The van der Waals surface area contributed by atoms with Crippen LogP contribution in [-0.4, -0.2) is 29.2 Å². The minimum Gasteiger partial charge on any atom is -0.494 e. The Bertz CT molecular complexity index is 874. The molecule has 0 unspecified atom stereocenters. The number of rotatable bonds is 4. The van der Waals surface area contributed by atoms with Gasteiger partial charge in [0, 0.05) is 0 Å². The van der Waals surface area contributed by atoms with Crippen molar-refractivity contribution >= 4 is 20.8 Å². The Morgan fingerprint density at radius 1 is 1.14 bits per heavy atom. The minimum absolute atomic E-state index is 0.171. The molecule has 0 radical (unpaired) electrons. The second kappa shape index (κ2) is 5.17. The van der Waals surface area contributed by atoms with Crippen LogP contribution < -0.4 is 4.74 Å². The number of hydrogen-bond donors (Lipinski definition) is 0. The van der Waals surface area contributed by atoms with Gasteiger partial charge in [0.15, 0.2) is 0 Å². The number of ether oxygens (including phenoxy) is 1. The van der Waals surface area contributed by atoms with Gasteiger partial charge in [-0.2, -0.15) is 8.42 Å². The van der Waals surface area contributed by atoms with Crippen molar-refractivity contribution in [3.05, 3.63) is 49.1 Å². The normalized spacial score (nSPS) is 11.7. The van der Waals surface area contributed by atoms with Gasteiger partial charge in [0.25, 0.3) is 10.0 Å². The highest BCUT2D eigenvalue weighted by Gasteiger charge is 2.17. The molecule has 0 saturated carbocycles. The summed E-state index contributed by atoms with van der Waals surface area (Å²) in [4.78, 5) is 3.84. The molecule has 1 aromatic heterocycles. The Kier molecular flexibility index (Phi) is 3.34. The van der Waals surface area contributed by atoms with E-state index >= 15 is 0 Å². The van der Waals surface area contributed by atoms with Crippen LogP contribution in [0.25, 0.3) is 10.8 Å². The third-order valence-corrected chi connectivity index (χ3v) is 4.57. The highest BCUT2D eigenvalue weighted by Crippen LogP contribution is 2.24. The van der Waals surface area contributed by atoms with E-state index in [-0.39, 0.29) is 4.90 Å². The lowest BCUT2D eigenvalue weighted by Gasteiger charge is -2.07. The molecule has 0 N–H and O–H groups in total. The van der Waals surface area contributed by atoms with Crippen LogP contribution in [0.15, 0.2) is 53.9 Å². The van der Waals surface area contributed by atoms with Gasteiger partial charge in [-0.3, -0.25) is 0 Å². The molecule has 0 bridgehead atoms. The van der Waals surface area contributed by atoms with Crippen molar-refractivity contribution in [2.24, 2.45) is 0 Å². The predicted molar refractivity (Wildman–Crippen MR) is 77.7 cm³/mol. The van der Waals surface area contributed by atoms with Crippen molar-refractivity contribution in [1.29, 1.82) is 0 Å². The quantitative estimate of drug-likeness (QED) is 0.737. The Morgan fingerprint density at radius 3 is 2.62 bits per heavy atom. The molecule has 0 aliphatic carbocycles. The smallest absolute Gasteiger partial charge is 0.284 e. The summed E-state index contributed by atoms with van der Waals surface area (Å²) < 4.78 is 31.0. The van der Waals surface area contributed by atoms with Gasteiger partial charge in [-0.05, 0) is 42.0 Å². The molecule has 2 aromatic carbocycles. The summed E-state index contributed by atoms with van der Waals surface area (Å²) in [6, 6.07) is 10.4. The van der Waals surface area contributed by atoms with E-state index in [0.717, 1.165) is 26.9 Å². The van der Waals surface area contributed by atoms with E-state index in [1.165, 1.54) is 6.33 Å². The molecule has 0 aliphatic heterocycles. The summed E-state index contributed by atoms with van der Waals surface area (Å²) >= 11 is 0. The van der Waals surface area contributed by atoms with Crippen molar-refractivity contribution in [1.82, 2.24) is 14.2 Å². The van der Waals surface area contributed by atoms with Gasteiger partial charge in [0.05, 0.1) is 11.5 Å². The van der Waals surface area contributed by atoms with Crippen molar-refractivity contribution in [2.45, 2.75) is 11.8 Å². The molecule has 0 spiro atoms. The topological polar surface area (TPSA) is 74.1 Å². The molecule has 108 valence electrons. The zero-order valence-electron chi connectivity index (χ0n) is 11.3. The summed E-state index contributed by atoms with van der Waals surface area (Å²) in [6.07, 6.45) is 2.35. The highest BCUT2D eigenvalue weighted by atomic mass is 32.2. The largest absolute Gasteiger partial charge is 0.494 e. The first-order valence-electron chi connectivity index (χ1n) is 6.38. The number of nitrogens with zero attached hydrogens (tertiary/aromatic N) is 3. The molecule has 3 aromatic rings. The summed E-state index contributed by atoms with van der Waals surface area (Å²) in [5.41, 5.74) is 0. The van der Waals surface area contributed by atoms with Crippen LogP contribution in [0, 0.1) is 0 Å². The van der Waals surface area contributed by atoms with Gasteiger partial charge in [-0.1, -0.05) is 12.1 Å². The number of hydrogen-bond acceptors (Lipinski definition) is 5. The van der Waals surface area contributed by atoms with Crippen LogP contribution in [0.4, 0.5) is 0 Å². The van der Waals surface area contributed by atoms with Crippen LogP contribution in [0.3, 0.4) is 0 Å². The van der Waals surface area contributed by atoms with E-state index in [9.17, 15) is 8.42 Å². The molecule has 6 nitrogen and oxygen atoms in total. The monoisotopic (exact) mass is 303 g/mol. The fourth-order valence-corrected chi connectivity index (χ4v) is 3.13. The van der Waals surface area contributed by atoms with Gasteiger partial charge in [0.2, 0.25) is 0 Å². The Hall–Kier alpha value is -2.41. The van der Waals surface area contributed by atoms with Crippen molar-refractivity contribution < 1.29 is 13.2 Å². The van der Waals surface area contributed by atoms with Crippen molar-refractivity contribution in [3.8, 4) is 5.75 Å². The van der Waals surface area contributed by atoms with Crippen LogP contribution in [0.2, 0.25) is 0 Å². The zero-order chi connectivity index (χ0) is 14.9. The molecular weight excluding hydrogens is 290 g/mol. The first kappa shape index (κ1) is 13.6. The summed E-state index contributed by atoms with van der Waals surface area (Å²) in [5.74, 6) is 0.761. The Labute approximate surface area is 122 Å². The van der Waals surface area contributed by atoms with Gasteiger partial charge >= 0.3 is 0 Å². The molecule has 0 atom stereocenters. The molecule has 21 heavy (non-hydrogen) atoms. The lowest BCUT2D eigenvalue weighted by molar-refractivity contribution is 0.341. The van der Waals surface area contributed by atoms with E-state index in [0.29, 0.717) is 6.61 Å². The first-order chi connectivity index (χ1) is 10.1. The second-order valence-corrected chi connectivity index (χ2v) is 6.17. The lowest BCUT2D eigenvalue weighted by Crippen LogP contribution is -2.13. The molecule has 1 heterocycles. The summed E-state index contributed by atoms with van der Waals surface area (Å²) in [6.45, 7) is 2.50. The van der Waals surface area contributed by atoms with Gasteiger partial charge < -0.3 is 4.74 Å². The molecule has 0 saturated heterocycles. The number of benzene rings is 2. The van der Waals surface area contributed by atoms with Gasteiger partial charge in [-0.15, -0.1) is 9.19 Å². The fraction of sp³-hybridized carbons (Fsp3) is 0.143. The first-order valence-corrected chi connectivity index (χ1v) is 7.82. The Balaban J connectivity index is 2.08. The van der Waals surface area contributed by atoms with Gasteiger partial charge in [0.1, 0.15) is 18.4 Å². The zero-order valence-corrected chi connectivity index (χ0v) is 12.1. The van der Waals surface area contributed by atoms with Crippen molar-refractivity contribution in [2.75, 3.05) is 6.61 Å².